The molecule has 0 bridgehead atoms. The van der Waals surface area contributed by atoms with Gasteiger partial charge in [-0.15, -0.1) is 0 Å². The van der Waals surface area contributed by atoms with Crippen molar-refractivity contribution in [3.63, 3.8) is 0 Å². The lowest BCUT2D eigenvalue weighted by Crippen LogP contribution is -2.45. The molecule has 0 aromatic heterocycles. The van der Waals surface area contributed by atoms with Gasteiger partial charge in [0.15, 0.2) is 0 Å². The first-order valence-corrected chi connectivity index (χ1v) is 7.52. The average Bonchev–Trinajstić information content (AvgIpc) is 2.47. The second kappa shape index (κ2) is 7.25. The zero-order chi connectivity index (χ0) is 15.2. The molecular formula is C17H23NO3. The highest BCUT2D eigenvalue weighted by Gasteiger charge is 2.27. The van der Waals surface area contributed by atoms with Crippen molar-refractivity contribution in [1.29, 1.82) is 0 Å². The fourth-order valence-corrected chi connectivity index (χ4v) is 2.99. The van der Waals surface area contributed by atoms with E-state index in [0.717, 1.165) is 37.1 Å². The molecule has 1 saturated heterocycles. The summed E-state index contributed by atoms with van der Waals surface area (Å²) in [7, 11) is 1.61. The first-order valence-electron chi connectivity index (χ1n) is 7.52. The minimum atomic E-state index is 0.0680. The fraction of sp³-hybridized carbons (Fsp3) is 0.529. The average molecular weight is 289 g/mol. The van der Waals surface area contributed by atoms with Crippen molar-refractivity contribution in [2.45, 2.75) is 45.1 Å². The molecule has 0 N–H and O–H groups in total. The van der Waals surface area contributed by atoms with E-state index in [2.05, 4.69) is 0 Å². The molecule has 1 unspecified atom stereocenters. The number of carbonyl (C=O) groups excluding carboxylic acids is 2. The Bertz CT molecular complexity index is 513. The number of piperidine rings is 1. The fourth-order valence-electron chi connectivity index (χ4n) is 2.99. The van der Waals surface area contributed by atoms with Gasteiger partial charge in [0.1, 0.15) is 11.5 Å². The summed E-state index contributed by atoms with van der Waals surface area (Å²) >= 11 is 0. The van der Waals surface area contributed by atoms with Gasteiger partial charge in [-0.05, 0) is 32.3 Å². The molecule has 1 aliphatic rings. The number of para-hydroxylation sites is 1. The van der Waals surface area contributed by atoms with Crippen molar-refractivity contribution >= 4 is 11.7 Å². The van der Waals surface area contributed by atoms with E-state index in [-0.39, 0.29) is 17.7 Å². The van der Waals surface area contributed by atoms with E-state index in [0.29, 0.717) is 12.8 Å². The van der Waals surface area contributed by atoms with Crippen LogP contribution in [-0.2, 0) is 16.0 Å². The van der Waals surface area contributed by atoms with Gasteiger partial charge in [0, 0.05) is 24.6 Å². The van der Waals surface area contributed by atoms with Crippen LogP contribution in [-0.4, -0.2) is 36.3 Å². The van der Waals surface area contributed by atoms with Gasteiger partial charge in [0.2, 0.25) is 5.91 Å². The van der Waals surface area contributed by atoms with E-state index in [4.69, 9.17) is 4.74 Å². The molecule has 114 valence electrons. The molecule has 4 heteroatoms. The van der Waals surface area contributed by atoms with Gasteiger partial charge >= 0.3 is 0 Å². The van der Waals surface area contributed by atoms with Crippen molar-refractivity contribution in [1.82, 2.24) is 4.90 Å². The van der Waals surface area contributed by atoms with Crippen LogP contribution < -0.4 is 4.74 Å². The molecule has 1 fully saturated rings. The third-order valence-corrected chi connectivity index (χ3v) is 4.00. The molecule has 4 nitrogen and oxygen atoms in total. The number of benzene rings is 1. The lowest BCUT2D eigenvalue weighted by atomic mass is 9.96. The van der Waals surface area contributed by atoms with Crippen LogP contribution >= 0.6 is 0 Å². The number of rotatable bonds is 5. The lowest BCUT2D eigenvalue weighted by Gasteiger charge is -2.35. The molecule has 1 atom stereocenters. The van der Waals surface area contributed by atoms with Gasteiger partial charge in [-0.2, -0.15) is 0 Å². The summed E-state index contributed by atoms with van der Waals surface area (Å²) in [5.74, 6) is 0.980. The van der Waals surface area contributed by atoms with Crippen LogP contribution in [0.25, 0.3) is 0 Å². The molecule has 0 aliphatic carbocycles. The van der Waals surface area contributed by atoms with E-state index in [9.17, 15) is 9.59 Å². The van der Waals surface area contributed by atoms with Gasteiger partial charge in [-0.3, -0.25) is 9.59 Å². The van der Waals surface area contributed by atoms with Crippen molar-refractivity contribution in [2.75, 3.05) is 13.7 Å². The SMILES string of the molecule is COc1ccccc1CC(=O)N1CCCCC1CC(C)=O. The smallest absolute Gasteiger partial charge is 0.227 e. The Morgan fingerprint density at radius 3 is 2.76 bits per heavy atom. The van der Waals surface area contributed by atoms with E-state index in [1.54, 1.807) is 14.0 Å². The van der Waals surface area contributed by atoms with Crippen LogP contribution in [0.4, 0.5) is 0 Å². The van der Waals surface area contributed by atoms with Crippen molar-refractivity contribution < 1.29 is 14.3 Å². The number of Topliss-reactive ketones (excluding diaryl/α,β-unsaturated/α-hetero) is 1. The first kappa shape index (κ1) is 15.5. The van der Waals surface area contributed by atoms with Crippen LogP contribution in [0.5, 0.6) is 5.75 Å². The molecular weight excluding hydrogens is 266 g/mol. The number of ether oxygens (including phenoxy) is 1. The standard InChI is InChI=1S/C17H23NO3/c1-13(19)11-15-8-5-6-10-18(15)17(20)12-14-7-3-4-9-16(14)21-2/h3-4,7,9,15H,5-6,8,10-12H2,1-2H3. The van der Waals surface area contributed by atoms with Gasteiger partial charge in [0.05, 0.1) is 13.5 Å². The van der Waals surface area contributed by atoms with E-state index in [1.165, 1.54) is 0 Å². The van der Waals surface area contributed by atoms with Crippen molar-refractivity contribution in [3.05, 3.63) is 29.8 Å². The number of nitrogens with zero attached hydrogens (tertiary/aromatic N) is 1. The minimum absolute atomic E-state index is 0.0680. The maximum Gasteiger partial charge on any atom is 0.227 e. The molecule has 1 aromatic carbocycles. The second-order valence-electron chi connectivity index (χ2n) is 5.63. The Kier molecular flexibility index (Phi) is 5.37. The van der Waals surface area contributed by atoms with Crippen LogP contribution in [0.1, 0.15) is 38.2 Å². The Morgan fingerprint density at radius 2 is 2.05 bits per heavy atom. The largest absolute Gasteiger partial charge is 0.496 e. The molecule has 1 aromatic rings. The Balaban J connectivity index is 2.08. The molecule has 2 rings (SSSR count). The Labute approximate surface area is 126 Å². The van der Waals surface area contributed by atoms with Crippen LogP contribution in [0.15, 0.2) is 24.3 Å². The zero-order valence-corrected chi connectivity index (χ0v) is 12.8. The van der Waals surface area contributed by atoms with Gasteiger partial charge in [-0.25, -0.2) is 0 Å². The van der Waals surface area contributed by atoms with E-state index < -0.39 is 0 Å². The molecule has 0 spiro atoms. The van der Waals surface area contributed by atoms with E-state index in [1.807, 2.05) is 29.2 Å². The zero-order valence-electron chi connectivity index (χ0n) is 12.8. The molecule has 0 radical (unpaired) electrons. The van der Waals surface area contributed by atoms with Crippen LogP contribution in [0.2, 0.25) is 0 Å². The van der Waals surface area contributed by atoms with Gasteiger partial charge in [-0.1, -0.05) is 18.2 Å². The third-order valence-electron chi connectivity index (χ3n) is 4.00. The Hall–Kier alpha value is -1.84. The summed E-state index contributed by atoms with van der Waals surface area (Å²) in [4.78, 5) is 25.9. The summed E-state index contributed by atoms with van der Waals surface area (Å²) in [5, 5.41) is 0. The highest BCUT2D eigenvalue weighted by Crippen LogP contribution is 2.23. The van der Waals surface area contributed by atoms with Crippen molar-refractivity contribution in [2.24, 2.45) is 0 Å². The summed E-state index contributed by atoms with van der Waals surface area (Å²) in [5.41, 5.74) is 0.900. The predicted octanol–water partition coefficient (Wildman–Crippen LogP) is 2.60. The second-order valence-corrected chi connectivity index (χ2v) is 5.63. The maximum atomic E-state index is 12.6. The molecule has 21 heavy (non-hydrogen) atoms. The maximum absolute atomic E-state index is 12.6. The lowest BCUT2D eigenvalue weighted by molar-refractivity contribution is -0.135. The molecule has 1 aliphatic heterocycles. The van der Waals surface area contributed by atoms with Crippen LogP contribution in [0, 0.1) is 0 Å². The normalized spacial score (nSPS) is 18.4. The number of methoxy groups -OCH3 is 1. The first-order chi connectivity index (χ1) is 10.1. The number of hydrogen-bond acceptors (Lipinski definition) is 3. The van der Waals surface area contributed by atoms with Crippen molar-refractivity contribution in [3.8, 4) is 5.75 Å². The van der Waals surface area contributed by atoms with E-state index >= 15 is 0 Å². The number of carbonyl (C=O) groups is 2. The third kappa shape index (κ3) is 4.06. The highest BCUT2D eigenvalue weighted by atomic mass is 16.5. The van der Waals surface area contributed by atoms with Gasteiger partial charge < -0.3 is 9.64 Å². The number of hydrogen-bond donors (Lipinski definition) is 0. The number of amides is 1. The number of ketones is 1. The minimum Gasteiger partial charge on any atom is -0.496 e. The molecule has 1 heterocycles. The summed E-state index contributed by atoms with van der Waals surface area (Å²) in [6, 6.07) is 7.66. The summed E-state index contributed by atoms with van der Waals surface area (Å²) in [6.07, 6.45) is 3.84. The topological polar surface area (TPSA) is 46.6 Å². The highest BCUT2D eigenvalue weighted by molar-refractivity contribution is 5.81. The monoisotopic (exact) mass is 289 g/mol. The van der Waals surface area contributed by atoms with Gasteiger partial charge in [0.25, 0.3) is 0 Å². The summed E-state index contributed by atoms with van der Waals surface area (Å²) in [6.45, 7) is 2.35. The molecule has 0 saturated carbocycles. The molecule has 1 amide bonds. The van der Waals surface area contributed by atoms with Crippen LogP contribution in [0.3, 0.4) is 0 Å². The Morgan fingerprint density at radius 1 is 1.29 bits per heavy atom. The quantitative estimate of drug-likeness (QED) is 0.837. The number of likely N-dealkylation sites (tertiary alicyclic amines) is 1. The summed E-state index contributed by atoms with van der Waals surface area (Å²) < 4.78 is 5.30. The predicted molar refractivity (Wildman–Crippen MR) is 81.3 cm³/mol.